The molecule has 4 aromatic rings. The fourth-order valence-electron chi connectivity index (χ4n) is 4.20. The summed E-state index contributed by atoms with van der Waals surface area (Å²) in [5, 5.41) is 8.94. The van der Waals surface area contributed by atoms with E-state index < -0.39 is 0 Å². The first kappa shape index (κ1) is 20.4. The lowest BCUT2D eigenvalue weighted by molar-refractivity contribution is 0.571. The monoisotopic (exact) mass is 431 g/mol. The van der Waals surface area contributed by atoms with E-state index in [2.05, 4.69) is 22.0 Å². The van der Waals surface area contributed by atoms with Gasteiger partial charge < -0.3 is 4.90 Å². The lowest BCUT2D eigenvalue weighted by Gasteiger charge is -2.32. The minimum absolute atomic E-state index is 0.195. The quantitative estimate of drug-likeness (QED) is 0.382. The summed E-state index contributed by atoms with van der Waals surface area (Å²) in [6.07, 6.45) is 1.64. The summed E-state index contributed by atoms with van der Waals surface area (Å²) in [6.45, 7) is 8.54. The maximum atomic E-state index is 14.7. The maximum Gasteiger partial charge on any atom is 0.257 e. The van der Waals surface area contributed by atoms with Crippen LogP contribution < -0.4 is 4.90 Å². The summed E-state index contributed by atoms with van der Waals surface area (Å²) in [4.78, 5) is 6.68. The van der Waals surface area contributed by atoms with Gasteiger partial charge in [0.15, 0.2) is 0 Å². The Morgan fingerprint density at radius 1 is 1.03 bits per heavy atom. The number of hydrogen-bond acceptors (Lipinski definition) is 4. The van der Waals surface area contributed by atoms with Crippen LogP contribution in [0.15, 0.2) is 30.3 Å². The van der Waals surface area contributed by atoms with Crippen LogP contribution in [0.4, 0.5) is 20.3 Å². The fourth-order valence-corrected chi connectivity index (χ4v) is 4.20. The molecule has 1 aliphatic rings. The maximum absolute atomic E-state index is 14.7. The lowest BCUT2D eigenvalue weighted by Crippen LogP contribution is -2.27. The van der Waals surface area contributed by atoms with Crippen LogP contribution in [0.25, 0.3) is 16.7 Å². The van der Waals surface area contributed by atoms with Crippen molar-refractivity contribution in [2.24, 2.45) is 5.41 Å². The van der Waals surface area contributed by atoms with Gasteiger partial charge in [-0.3, -0.25) is 4.40 Å². The molecule has 0 saturated heterocycles. The molecule has 3 heterocycles. The van der Waals surface area contributed by atoms with Crippen molar-refractivity contribution in [3.05, 3.63) is 58.9 Å². The fraction of sp³-hybridized carbons (Fsp3) is 0.320. The third-order valence-electron chi connectivity index (χ3n) is 5.57. The summed E-state index contributed by atoms with van der Waals surface area (Å²) >= 11 is 0. The molecule has 5 rings (SSSR count). The van der Waals surface area contributed by atoms with E-state index in [-0.39, 0.29) is 17.0 Å². The average Bonchev–Trinajstić information content (AvgIpc) is 3.11. The summed E-state index contributed by atoms with van der Waals surface area (Å²) in [5.74, 6) is 7.31. The smallest absolute Gasteiger partial charge is 0.257 e. The van der Waals surface area contributed by atoms with Gasteiger partial charge in [0.25, 0.3) is 5.78 Å². The highest BCUT2D eigenvalue weighted by Crippen LogP contribution is 2.38. The molecule has 0 aliphatic carbocycles. The Kier molecular flexibility index (Phi) is 4.63. The number of aryl methyl sites for hydroxylation is 1. The van der Waals surface area contributed by atoms with Crippen LogP contribution in [-0.2, 0) is 6.42 Å². The first-order valence-electron chi connectivity index (χ1n) is 10.7. The summed E-state index contributed by atoms with van der Waals surface area (Å²) in [7, 11) is 0. The molecule has 2 aromatic carbocycles. The van der Waals surface area contributed by atoms with Crippen molar-refractivity contribution in [2.75, 3.05) is 11.4 Å². The van der Waals surface area contributed by atoms with Crippen molar-refractivity contribution in [1.82, 2.24) is 19.6 Å². The number of aromatic nitrogens is 4. The van der Waals surface area contributed by atoms with E-state index in [1.165, 1.54) is 24.3 Å². The number of nitrogens with zero attached hydrogens (tertiary/aromatic N) is 5. The molecule has 162 valence electrons. The Morgan fingerprint density at radius 3 is 2.62 bits per heavy atom. The molecule has 0 N–H and O–H groups in total. The zero-order valence-corrected chi connectivity index (χ0v) is 18.5. The van der Waals surface area contributed by atoms with Gasteiger partial charge in [-0.15, -0.1) is 10.2 Å². The molecule has 0 saturated carbocycles. The number of halogens is 2. The van der Waals surface area contributed by atoms with E-state index in [4.69, 9.17) is 4.98 Å². The molecular formula is C25H23F2N5. The number of anilines is 2. The highest BCUT2D eigenvalue weighted by atomic mass is 19.1. The van der Waals surface area contributed by atoms with Gasteiger partial charge in [0.2, 0.25) is 0 Å². The Balaban J connectivity index is 1.77. The normalized spacial score (nSPS) is 13.9. The second kappa shape index (κ2) is 7.27. The van der Waals surface area contributed by atoms with E-state index in [1.54, 1.807) is 10.5 Å². The predicted molar refractivity (Wildman–Crippen MR) is 121 cm³/mol. The summed E-state index contributed by atoms with van der Waals surface area (Å²) in [5.41, 5.74) is 2.95. The van der Waals surface area contributed by atoms with Crippen molar-refractivity contribution in [3.8, 4) is 11.8 Å². The van der Waals surface area contributed by atoms with Gasteiger partial charge in [0.1, 0.15) is 23.3 Å². The van der Waals surface area contributed by atoms with Gasteiger partial charge in [0.05, 0.1) is 5.52 Å². The van der Waals surface area contributed by atoms with E-state index in [1.807, 2.05) is 32.6 Å². The first-order valence-corrected chi connectivity index (χ1v) is 10.7. The lowest BCUT2D eigenvalue weighted by atomic mass is 9.93. The van der Waals surface area contributed by atoms with Crippen LogP contribution in [0.2, 0.25) is 0 Å². The second-order valence-corrected chi connectivity index (χ2v) is 9.19. The minimum Gasteiger partial charge on any atom is -0.325 e. The number of hydrogen-bond donors (Lipinski definition) is 0. The third kappa shape index (κ3) is 3.46. The molecule has 0 radical (unpaired) electrons. The SMILES string of the molecule is Cc1nnc2nc(N3CCCc4c(C#CC(C)(C)C)cc(F)cc43)c3cc(F)ccc3n12. The molecule has 7 heteroatoms. The van der Waals surface area contributed by atoms with Gasteiger partial charge in [-0.05, 0) is 76.4 Å². The van der Waals surface area contributed by atoms with Gasteiger partial charge in [-0.1, -0.05) is 11.8 Å². The molecule has 0 atom stereocenters. The number of rotatable bonds is 1. The van der Waals surface area contributed by atoms with E-state index in [9.17, 15) is 8.78 Å². The predicted octanol–water partition coefficient (Wildman–Crippen LogP) is 5.35. The minimum atomic E-state index is -0.362. The molecular weight excluding hydrogens is 408 g/mol. The highest BCUT2D eigenvalue weighted by molar-refractivity contribution is 5.94. The van der Waals surface area contributed by atoms with Crippen molar-refractivity contribution >= 4 is 28.2 Å². The summed E-state index contributed by atoms with van der Waals surface area (Å²) < 4.78 is 30.8. The van der Waals surface area contributed by atoms with Crippen molar-refractivity contribution in [2.45, 2.75) is 40.5 Å². The molecule has 2 aromatic heterocycles. The van der Waals surface area contributed by atoms with Crippen LogP contribution in [0, 0.1) is 35.8 Å². The molecule has 0 fully saturated rings. The Morgan fingerprint density at radius 2 is 1.84 bits per heavy atom. The summed E-state index contributed by atoms with van der Waals surface area (Å²) in [6, 6.07) is 7.59. The largest absolute Gasteiger partial charge is 0.325 e. The molecule has 0 spiro atoms. The highest BCUT2D eigenvalue weighted by Gasteiger charge is 2.26. The Bertz CT molecular complexity index is 1440. The first-order chi connectivity index (χ1) is 15.2. The molecule has 1 aliphatic heterocycles. The van der Waals surface area contributed by atoms with Crippen molar-refractivity contribution in [1.29, 1.82) is 0 Å². The molecule has 0 unspecified atom stereocenters. The topological polar surface area (TPSA) is 46.3 Å². The molecule has 0 bridgehead atoms. The van der Waals surface area contributed by atoms with Crippen molar-refractivity contribution < 1.29 is 8.78 Å². The van der Waals surface area contributed by atoms with Crippen LogP contribution in [0.5, 0.6) is 0 Å². The van der Waals surface area contributed by atoms with E-state index in [0.29, 0.717) is 40.6 Å². The number of benzene rings is 2. The van der Waals surface area contributed by atoms with Crippen LogP contribution >= 0.6 is 0 Å². The van der Waals surface area contributed by atoms with Gasteiger partial charge in [0, 0.05) is 28.6 Å². The van der Waals surface area contributed by atoms with E-state index in [0.717, 1.165) is 23.9 Å². The van der Waals surface area contributed by atoms with Crippen LogP contribution in [0.3, 0.4) is 0 Å². The molecule has 32 heavy (non-hydrogen) atoms. The Labute approximate surface area is 185 Å². The zero-order chi connectivity index (χ0) is 22.6. The van der Waals surface area contributed by atoms with Crippen LogP contribution in [0.1, 0.15) is 44.1 Å². The Hall–Kier alpha value is -3.53. The van der Waals surface area contributed by atoms with Crippen LogP contribution in [-0.4, -0.2) is 26.1 Å². The zero-order valence-electron chi connectivity index (χ0n) is 18.5. The molecule has 5 nitrogen and oxygen atoms in total. The van der Waals surface area contributed by atoms with Gasteiger partial charge >= 0.3 is 0 Å². The second-order valence-electron chi connectivity index (χ2n) is 9.19. The number of fused-ring (bicyclic) bond motifs is 4. The van der Waals surface area contributed by atoms with Crippen molar-refractivity contribution in [3.63, 3.8) is 0 Å². The van der Waals surface area contributed by atoms with E-state index >= 15 is 0 Å². The van der Waals surface area contributed by atoms with Gasteiger partial charge in [-0.2, -0.15) is 4.98 Å². The standard InChI is InChI=1S/C25H23F2N5/c1-15-29-30-24-28-23(20-13-17(26)7-8-21(20)32(15)24)31-11-5-6-19-16(9-10-25(2,3)4)12-18(27)14-22(19)31/h7-8,12-14H,5-6,11H2,1-4H3. The average molecular weight is 431 g/mol. The molecule has 0 amide bonds. The van der Waals surface area contributed by atoms with Gasteiger partial charge in [-0.25, -0.2) is 8.78 Å². The third-order valence-corrected chi connectivity index (χ3v) is 5.57.